The number of carbonyl (C=O) groups excluding carboxylic acids is 1. The van der Waals surface area contributed by atoms with E-state index in [0.29, 0.717) is 22.8 Å². The van der Waals surface area contributed by atoms with Crippen molar-refractivity contribution in [1.82, 2.24) is 5.32 Å². The average Bonchev–Trinajstić information content (AvgIpc) is 2.54. The number of amides is 1. The molecule has 2 aromatic carbocycles. The van der Waals surface area contributed by atoms with Gasteiger partial charge < -0.3 is 5.32 Å². The predicted octanol–water partition coefficient (Wildman–Crippen LogP) is 2.91. The minimum absolute atomic E-state index is 0.0451. The summed E-state index contributed by atoms with van der Waals surface area (Å²) in [6.45, 7) is 2.27. The number of benzene rings is 2. The molecule has 0 fully saturated rings. The van der Waals surface area contributed by atoms with Crippen molar-refractivity contribution >= 4 is 33.2 Å². The molecule has 0 saturated carbocycles. The maximum Gasteiger partial charge on any atom is 0.264 e. The van der Waals surface area contributed by atoms with Crippen LogP contribution in [0, 0.1) is 0 Å². The summed E-state index contributed by atoms with van der Waals surface area (Å²) >= 11 is 5.91. The Kier molecular flexibility index (Phi) is 5.28. The molecular formula is C16H17ClN2O3S. The molecule has 0 aliphatic carbocycles. The van der Waals surface area contributed by atoms with Crippen molar-refractivity contribution < 1.29 is 13.2 Å². The smallest absolute Gasteiger partial charge is 0.264 e. The van der Waals surface area contributed by atoms with Crippen LogP contribution in [-0.4, -0.2) is 27.9 Å². The Bertz CT molecular complexity index is 822. The van der Waals surface area contributed by atoms with E-state index in [-0.39, 0.29) is 10.8 Å². The highest BCUT2D eigenvalue weighted by atomic mass is 35.5. The van der Waals surface area contributed by atoms with Gasteiger partial charge in [-0.2, -0.15) is 0 Å². The van der Waals surface area contributed by atoms with Crippen molar-refractivity contribution in [2.75, 3.05) is 17.9 Å². The summed E-state index contributed by atoms with van der Waals surface area (Å²) in [7, 11) is -2.34. The van der Waals surface area contributed by atoms with Crippen molar-refractivity contribution in [2.45, 2.75) is 11.8 Å². The Hall–Kier alpha value is -2.05. The van der Waals surface area contributed by atoms with E-state index in [2.05, 4.69) is 5.32 Å². The molecule has 1 amide bonds. The van der Waals surface area contributed by atoms with E-state index in [1.165, 1.54) is 19.2 Å². The van der Waals surface area contributed by atoms with Gasteiger partial charge >= 0.3 is 0 Å². The fourth-order valence-electron chi connectivity index (χ4n) is 2.03. The molecule has 0 radical (unpaired) electrons. The lowest BCUT2D eigenvalue weighted by Crippen LogP contribution is -2.27. The number of sulfonamides is 1. The minimum Gasteiger partial charge on any atom is -0.352 e. The van der Waals surface area contributed by atoms with Crippen molar-refractivity contribution in [3.05, 3.63) is 59.1 Å². The van der Waals surface area contributed by atoms with Crippen LogP contribution in [0.25, 0.3) is 0 Å². The lowest BCUT2D eigenvalue weighted by molar-refractivity contribution is 0.0955. The highest BCUT2D eigenvalue weighted by molar-refractivity contribution is 7.92. The molecule has 5 nitrogen and oxygen atoms in total. The third-order valence-electron chi connectivity index (χ3n) is 3.26. The van der Waals surface area contributed by atoms with Gasteiger partial charge in [0.05, 0.1) is 10.6 Å². The molecule has 7 heteroatoms. The maximum absolute atomic E-state index is 12.7. The zero-order valence-electron chi connectivity index (χ0n) is 12.8. The monoisotopic (exact) mass is 352 g/mol. The van der Waals surface area contributed by atoms with Crippen LogP contribution in [0.5, 0.6) is 0 Å². The molecule has 0 saturated heterocycles. The second-order valence-electron chi connectivity index (χ2n) is 4.84. The molecule has 2 aromatic rings. The number of hydrogen-bond donors (Lipinski definition) is 1. The van der Waals surface area contributed by atoms with Gasteiger partial charge in [0.2, 0.25) is 0 Å². The Morgan fingerprint density at radius 2 is 1.87 bits per heavy atom. The van der Waals surface area contributed by atoms with E-state index in [4.69, 9.17) is 11.6 Å². The first-order chi connectivity index (χ1) is 10.9. The molecule has 0 unspecified atom stereocenters. The van der Waals surface area contributed by atoms with Gasteiger partial charge in [0.1, 0.15) is 0 Å². The minimum atomic E-state index is -3.79. The number of anilines is 1. The van der Waals surface area contributed by atoms with E-state index >= 15 is 0 Å². The number of nitrogens with zero attached hydrogens (tertiary/aromatic N) is 1. The number of nitrogens with one attached hydrogen (secondary N) is 1. The molecule has 2 rings (SSSR count). The second kappa shape index (κ2) is 7.02. The first kappa shape index (κ1) is 17.3. The van der Waals surface area contributed by atoms with Crippen LogP contribution >= 0.6 is 11.6 Å². The van der Waals surface area contributed by atoms with E-state index in [1.807, 2.05) is 0 Å². The summed E-state index contributed by atoms with van der Waals surface area (Å²) in [6.07, 6.45) is 0. The number of rotatable bonds is 5. The average molecular weight is 353 g/mol. The molecule has 0 heterocycles. The van der Waals surface area contributed by atoms with Gasteiger partial charge in [-0.15, -0.1) is 0 Å². The number of hydrogen-bond acceptors (Lipinski definition) is 3. The standard InChI is InChI=1S/C16H17ClN2O3S/c1-3-18-16(20)12-6-4-9-15(10-12)23(21,22)19(2)14-8-5-7-13(17)11-14/h4-11H,3H2,1-2H3,(H,18,20). The van der Waals surface area contributed by atoms with E-state index < -0.39 is 10.0 Å². The fraction of sp³-hybridized carbons (Fsp3) is 0.188. The zero-order chi connectivity index (χ0) is 17.0. The van der Waals surface area contributed by atoms with Crippen LogP contribution in [0.3, 0.4) is 0 Å². The normalized spacial score (nSPS) is 11.1. The van der Waals surface area contributed by atoms with Gasteiger partial charge in [0.15, 0.2) is 0 Å². The van der Waals surface area contributed by atoms with E-state index in [1.54, 1.807) is 43.3 Å². The molecule has 0 bridgehead atoms. The van der Waals surface area contributed by atoms with Crippen molar-refractivity contribution in [3.63, 3.8) is 0 Å². The van der Waals surface area contributed by atoms with Crippen molar-refractivity contribution in [1.29, 1.82) is 0 Å². The highest BCUT2D eigenvalue weighted by Crippen LogP contribution is 2.25. The lowest BCUT2D eigenvalue weighted by atomic mass is 10.2. The van der Waals surface area contributed by atoms with E-state index in [0.717, 1.165) is 4.31 Å². The summed E-state index contributed by atoms with van der Waals surface area (Å²) in [5.74, 6) is -0.310. The van der Waals surface area contributed by atoms with Gasteiger partial charge in [-0.3, -0.25) is 9.10 Å². The number of halogens is 1. The van der Waals surface area contributed by atoms with E-state index in [9.17, 15) is 13.2 Å². The van der Waals surface area contributed by atoms with Crippen LogP contribution in [0.2, 0.25) is 5.02 Å². The fourth-order valence-corrected chi connectivity index (χ4v) is 3.45. The molecule has 23 heavy (non-hydrogen) atoms. The van der Waals surface area contributed by atoms with Crippen LogP contribution in [0.15, 0.2) is 53.4 Å². The topological polar surface area (TPSA) is 66.5 Å². The summed E-state index contributed by atoms with van der Waals surface area (Å²) in [5, 5.41) is 3.09. The Morgan fingerprint density at radius 3 is 2.52 bits per heavy atom. The highest BCUT2D eigenvalue weighted by Gasteiger charge is 2.22. The molecule has 122 valence electrons. The molecule has 0 atom stereocenters. The lowest BCUT2D eigenvalue weighted by Gasteiger charge is -2.20. The van der Waals surface area contributed by atoms with Crippen LogP contribution < -0.4 is 9.62 Å². The molecule has 0 spiro atoms. The largest absolute Gasteiger partial charge is 0.352 e. The SMILES string of the molecule is CCNC(=O)c1cccc(S(=O)(=O)N(C)c2cccc(Cl)c2)c1. The first-order valence-electron chi connectivity index (χ1n) is 6.99. The van der Waals surface area contributed by atoms with Gasteiger partial charge in [-0.1, -0.05) is 23.7 Å². The number of carbonyl (C=O) groups is 1. The summed E-state index contributed by atoms with van der Waals surface area (Å²) in [6, 6.07) is 12.5. The van der Waals surface area contributed by atoms with Crippen LogP contribution in [0.1, 0.15) is 17.3 Å². The van der Waals surface area contributed by atoms with Crippen LogP contribution in [-0.2, 0) is 10.0 Å². The molecule has 0 aliphatic heterocycles. The molecular weight excluding hydrogens is 336 g/mol. The van der Waals surface area contributed by atoms with Crippen molar-refractivity contribution in [2.24, 2.45) is 0 Å². The zero-order valence-corrected chi connectivity index (χ0v) is 14.4. The summed E-state index contributed by atoms with van der Waals surface area (Å²) < 4.78 is 26.6. The van der Waals surface area contributed by atoms with Gasteiger partial charge in [0, 0.05) is 24.2 Å². The first-order valence-corrected chi connectivity index (χ1v) is 8.81. The quantitative estimate of drug-likeness (QED) is 0.899. The Balaban J connectivity index is 2.39. The van der Waals surface area contributed by atoms with Crippen LogP contribution in [0.4, 0.5) is 5.69 Å². The second-order valence-corrected chi connectivity index (χ2v) is 7.25. The molecule has 0 aliphatic rings. The maximum atomic E-state index is 12.7. The van der Waals surface area contributed by atoms with Gasteiger partial charge in [-0.25, -0.2) is 8.42 Å². The van der Waals surface area contributed by atoms with Gasteiger partial charge in [-0.05, 0) is 43.3 Å². The molecule has 0 aromatic heterocycles. The summed E-state index contributed by atoms with van der Waals surface area (Å²) in [4.78, 5) is 11.9. The summed E-state index contributed by atoms with van der Waals surface area (Å²) in [5.41, 5.74) is 0.744. The Labute approximate surface area is 140 Å². The van der Waals surface area contributed by atoms with Crippen molar-refractivity contribution in [3.8, 4) is 0 Å². The Morgan fingerprint density at radius 1 is 1.17 bits per heavy atom. The molecule has 1 N–H and O–H groups in total. The third-order valence-corrected chi connectivity index (χ3v) is 5.28. The third kappa shape index (κ3) is 3.83. The predicted molar refractivity (Wildman–Crippen MR) is 91.5 cm³/mol. The van der Waals surface area contributed by atoms with Gasteiger partial charge in [0.25, 0.3) is 15.9 Å².